The van der Waals surface area contributed by atoms with Crippen molar-refractivity contribution in [2.75, 3.05) is 7.11 Å². The minimum absolute atomic E-state index is 0.0936. The molecule has 1 rings (SSSR count). The number of methoxy groups -OCH3 is 1. The van der Waals surface area contributed by atoms with Crippen molar-refractivity contribution in [2.45, 2.75) is 26.7 Å². The van der Waals surface area contributed by atoms with Gasteiger partial charge in [0.05, 0.1) is 13.0 Å². The van der Waals surface area contributed by atoms with Gasteiger partial charge in [-0.25, -0.2) is 0 Å². The molecule has 0 heterocycles. The molecule has 0 saturated heterocycles. The fourth-order valence-corrected chi connectivity index (χ4v) is 1.64. The van der Waals surface area contributed by atoms with Gasteiger partial charge < -0.3 is 14.9 Å². The van der Waals surface area contributed by atoms with E-state index in [9.17, 15) is 9.90 Å². The van der Waals surface area contributed by atoms with Crippen molar-refractivity contribution in [3.63, 3.8) is 0 Å². The van der Waals surface area contributed by atoms with Gasteiger partial charge in [0.25, 0.3) is 0 Å². The van der Waals surface area contributed by atoms with Crippen LogP contribution in [-0.2, 0) is 11.2 Å². The zero-order valence-corrected chi connectivity index (χ0v) is 10.4. The number of aromatic hydroxyl groups is 1. The number of hydrogen-bond acceptors (Lipinski definition) is 3. The predicted molar refractivity (Wildman–Crippen MR) is 64.5 cm³/mol. The van der Waals surface area contributed by atoms with E-state index in [-0.39, 0.29) is 11.7 Å². The Morgan fingerprint density at radius 3 is 2.65 bits per heavy atom. The monoisotopic (exact) mass is 238 g/mol. The van der Waals surface area contributed by atoms with Crippen LogP contribution >= 0.6 is 0 Å². The van der Waals surface area contributed by atoms with Gasteiger partial charge in [0.15, 0.2) is 11.5 Å². The van der Waals surface area contributed by atoms with Crippen LogP contribution in [0, 0.1) is 12.8 Å². The Balaban J connectivity index is 2.78. The summed E-state index contributed by atoms with van der Waals surface area (Å²) in [5.41, 5.74) is 1.95. The predicted octanol–water partition coefficient (Wildman–Crippen LogP) is 2.36. The average molecular weight is 238 g/mol. The maximum atomic E-state index is 10.7. The third-order valence-corrected chi connectivity index (χ3v) is 2.91. The van der Waals surface area contributed by atoms with Crippen LogP contribution in [0.15, 0.2) is 12.1 Å². The lowest BCUT2D eigenvalue weighted by atomic mass is 9.97. The summed E-state index contributed by atoms with van der Waals surface area (Å²) in [6.45, 7) is 3.60. The second kappa shape index (κ2) is 5.57. The third-order valence-electron chi connectivity index (χ3n) is 2.91. The minimum atomic E-state index is -0.791. The number of aryl methyl sites for hydroxylation is 2. The summed E-state index contributed by atoms with van der Waals surface area (Å²) in [6.07, 6.45) is 1.19. The lowest BCUT2D eigenvalue weighted by Gasteiger charge is -2.11. The number of ether oxygens (including phenoxy) is 1. The number of carboxylic acids is 1. The molecule has 0 aliphatic rings. The smallest absolute Gasteiger partial charge is 0.306 e. The molecule has 1 aromatic carbocycles. The fourth-order valence-electron chi connectivity index (χ4n) is 1.64. The van der Waals surface area contributed by atoms with E-state index in [2.05, 4.69) is 0 Å². The fraction of sp³-hybridized carbons (Fsp3) is 0.462. The second-order valence-corrected chi connectivity index (χ2v) is 4.23. The molecule has 4 heteroatoms. The van der Waals surface area contributed by atoms with E-state index in [4.69, 9.17) is 9.84 Å². The largest absolute Gasteiger partial charge is 0.504 e. The van der Waals surface area contributed by atoms with Crippen LogP contribution < -0.4 is 4.74 Å². The number of carbonyl (C=O) groups is 1. The molecule has 0 amide bonds. The lowest BCUT2D eigenvalue weighted by molar-refractivity contribution is -0.141. The van der Waals surface area contributed by atoms with Crippen molar-refractivity contribution in [1.82, 2.24) is 0 Å². The highest BCUT2D eigenvalue weighted by Crippen LogP contribution is 2.30. The van der Waals surface area contributed by atoms with Crippen molar-refractivity contribution in [2.24, 2.45) is 5.92 Å². The minimum Gasteiger partial charge on any atom is -0.504 e. The molecule has 0 radical (unpaired) electrons. The average Bonchev–Trinajstić information content (AvgIpc) is 2.29. The normalized spacial score (nSPS) is 12.2. The molecule has 0 aromatic heterocycles. The molecular weight excluding hydrogens is 220 g/mol. The van der Waals surface area contributed by atoms with Gasteiger partial charge in [-0.15, -0.1) is 0 Å². The molecule has 2 N–H and O–H groups in total. The quantitative estimate of drug-likeness (QED) is 0.826. The molecule has 4 nitrogen and oxygen atoms in total. The molecule has 0 spiro atoms. The van der Waals surface area contributed by atoms with E-state index >= 15 is 0 Å². The Labute approximate surface area is 101 Å². The van der Waals surface area contributed by atoms with Crippen LogP contribution in [0.25, 0.3) is 0 Å². The first kappa shape index (κ1) is 13.4. The van der Waals surface area contributed by atoms with E-state index in [1.165, 1.54) is 7.11 Å². The van der Waals surface area contributed by atoms with Crippen molar-refractivity contribution in [1.29, 1.82) is 0 Å². The van der Waals surface area contributed by atoms with Gasteiger partial charge in [0.1, 0.15) is 0 Å². The van der Waals surface area contributed by atoms with Crippen LogP contribution in [0.4, 0.5) is 0 Å². The van der Waals surface area contributed by atoms with Gasteiger partial charge in [0, 0.05) is 0 Å². The lowest BCUT2D eigenvalue weighted by Crippen LogP contribution is -2.10. The van der Waals surface area contributed by atoms with Crippen LogP contribution in [0.1, 0.15) is 24.5 Å². The van der Waals surface area contributed by atoms with Gasteiger partial charge in [-0.3, -0.25) is 4.79 Å². The molecular formula is C13H18O4. The molecule has 0 fully saturated rings. The Morgan fingerprint density at radius 1 is 1.47 bits per heavy atom. The standard InChI is InChI=1S/C13H18O4/c1-8(13(15)16)4-5-10-7-11(14)12(17-3)6-9(10)2/h6-8,14H,4-5H2,1-3H3,(H,15,16). The first-order valence-corrected chi connectivity index (χ1v) is 5.55. The molecule has 0 aliphatic heterocycles. The number of benzene rings is 1. The zero-order valence-electron chi connectivity index (χ0n) is 10.4. The van der Waals surface area contributed by atoms with Crippen molar-refractivity contribution in [3.8, 4) is 11.5 Å². The molecule has 0 saturated carbocycles. The number of hydrogen-bond donors (Lipinski definition) is 2. The summed E-state index contributed by atoms with van der Waals surface area (Å²) < 4.78 is 5.00. The molecule has 17 heavy (non-hydrogen) atoms. The first-order chi connectivity index (χ1) is 7.95. The Morgan fingerprint density at radius 2 is 2.12 bits per heavy atom. The van der Waals surface area contributed by atoms with Gasteiger partial charge >= 0.3 is 5.97 Å². The summed E-state index contributed by atoms with van der Waals surface area (Å²) in [6, 6.07) is 3.40. The highest BCUT2D eigenvalue weighted by Gasteiger charge is 2.13. The molecule has 0 bridgehead atoms. The number of aliphatic carboxylic acids is 1. The van der Waals surface area contributed by atoms with Gasteiger partial charge in [-0.05, 0) is 43.0 Å². The SMILES string of the molecule is COc1cc(C)c(CCC(C)C(=O)O)cc1O. The number of phenolic OH excluding ortho intramolecular Hbond substituents is 1. The number of carboxylic acid groups (broad SMARTS) is 1. The maximum absolute atomic E-state index is 10.7. The van der Waals surface area contributed by atoms with E-state index in [1.54, 1.807) is 19.1 Å². The molecule has 1 unspecified atom stereocenters. The first-order valence-electron chi connectivity index (χ1n) is 5.55. The molecule has 94 valence electrons. The Hall–Kier alpha value is -1.71. The van der Waals surface area contributed by atoms with Crippen LogP contribution in [0.5, 0.6) is 11.5 Å². The molecule has 0 aliphatic carbocycles. The number of rotatable bonds is 5. The third kappa shape index (κ3) is 3.37. The van der Waals surface area contributed by atoms with Gasteiger partial charge in [-0.2, -0.15) is 0 Å². The summed E-state index contributed by atoms with van der Waals surface area (Å²) in [5, 5.41) is 18.4. The molecule has 1 aromatic rings. The van der Waals surface area contributed by atoms with E-state index in [0.29, 0.717) is 18.6 Å². The van der Waals surface area contributed by atoms with Crippen molar-refractivity contribution in [3.05, 3.63) is 23.3 Å². The highest BCUT2D eigenvalue weighted by atomic mass is 16.5. The van der Waals surface area contributed by atoms with E-state index in [1.807, 2.05) is 6.92 Å². The Kier molecular flexibility index (Phi) is 4.37. The Bertz CT molecular complexity index is 412. The van der Waals surface area contributed by atoms with Gasteiger partial charge in [0.2, 0.25) is 0 Å². The summed E-state index contributed by atoms with van der Waals surface area (Å²) in [5.74, 6) is -0.632. The zero-order chi connectivity index (χ0) is 13.0. The summed E-state index contributed by atoms with van der Waals surface area (Å²) >= 11 is 0. The van der Waals surface area contributed by atoms with Crippen LogP contribution in [0.2, 0.25) is 0 Å². The van der Waals surface area contributed by atoms with E-state index in [0.717, 1.165) is 11.1 Å². The van der Waals surface area contributed by atoms with Crippen LogP contribution in [0.3, 0.4) is 0 Å². The maximum Gasteiger partial charge on any atom is 0.306 e. The molecule has 1 atom stereocenters. The topological polar surface area (TPSA) is 66.8 Å². The van der Waals surface area contributed by atoms with Crippen LogP contribution in [-0.4, -0.2) is 23.3 Å². The second-order valence-electron chi connectivity index (χ2n) is 4.23. The van der Waals surface area contributed by atoms with Crippen molar-refractivity contribution >= 4 is 5.97 Å². The van der Waals surface area contributed by atoms with Gasteiger partial charge in [-0.1, -0.05) is 6.92 Å². The summed E-state index contributed by atoms with van der Waals surface area (Å²) in [7, 11) is 1.50. The van der Waals surface area contributed by atoms with E-state index < -0.39 is 5.97 Å². The summed E-state index contributed by atoms with van der Waals surface area (Å²) in [4.78, 5) is 10.7. The van der Waals surface area contributed by atoms with Crippen molar-refractivity contribution < 1.29 is 19.7 Å². The number of phenols is 1. The highest BCUT2D eigenvalue weighted by molar-refractivity contribution is 5.69.